The van der Waals surface area contributed by atoms with Gasteiger partial charge in [0.05, 0.1) is 5.69 Å². The number of halogens is 3. The van der Waals surface area contributed by atoms with Crippen LogP contribution >= 0.6 is 0 Å². The average molecular weight is 401 g/mol. The Morgan fingerprint density at radius 3 is 2.17 bits per heavy atom. The van der Waals surface area contributed by atoms with Gasteiger partial charge in [-0.25, -0.2) is 9.78 Å². The molecule has 0 spiro atoms. The van der Waals surface area contributed by atoms with E-state index in [2.05, 4.69) is 24.3 Å². The van der Waals surface area contributed by atoms with Crippen LogP contribution in [0.5, 0.6) is 0 Å². The lowest BCUT2D eigenvalue weighted by Gasteiger charge is -2.08. The molecule has 3 aromatic rings. The van der Waals surface area contributed by atoms with Crippen LogP contribution in [0, 0.1) is 5.41 Å². The molecular formula is C21H18F3N3O2. The smallest absolute Gasteiger partial charge is 0.475 e. The summed E-state index contributed by atoms with van der Waals surface area (Å²) in [6.45, 7) is 0.847. The van der Waals surface area contributed by atoms with Crippen LogP contribution in [0.1, 0.15) is 17.3 Å². The van der Waals surface area contributed by atoms with Crippen molar-refractivity contribution in [3.8, 4) is 11.3 Å². The summed E-state index contributed by atoms with van der Waals surface area (Å²) in [5.41, 5.74) is 3.84. The summed E-state index contributed by atoms with van der Waals surface area (Å²) in [5.74, 6) is -1.32. The predicted molar refractivity (Wildman–Crippen MR) is 100 cm³/mol. The summed E-state index contributed by atoms with van der Waals surface area (Å²) in [5, 5.41) is 15.4. The molecule has 0 amide bonds. The highest BCUT2D eigenvalue weighted by Crippen LogP contribution is 2.28. The van der Waals surface area contributed by atoms with Crippen LogP contribution in [-0.4, -0.2) is 26.8 Å². The van der Waals surface area contributed by atoms with Crippen LogP contribution in [0.4, 0.5) is 13.2 Å². The molecule has 1 aliphatic heterocycles. The molecule has 150 valence electrons. The van der Waals surface area contributed by atoms with E-state index in [1.807, 2.05) is 47.0 Å². The fourth-order valence-electron chi connectivity index (χ4n) is 3.15. The van der Waals surface area contributed by atoms with Crippen molar-refractivity contribution in [3.05, 3.63) is 83.6 Å². The van der Waals surface area contributed by atoms with Crippen LogP contribution in [0.3, 0.4) is 0 Å². The number of rotatable bonds is 2. The van der Waals surface area contributed by atoms with Crippen molar-refractivity contribution in [2.24, 2.45) is 0 Å². The van der Waals surface area contributed by atoms with Gasteiger partial charge in [-0.3, -0.25) is 5.41 Å². The first-order valence-electron chi connectivity index (χ1n) is 8.81. The number of aromatic nitrogens is 2. The van der Waals surface area contributed by atoms with Gasteiger partial charge in [-0.05, 0) is 5.56 Å². The number of aliphatic carboxylic acids is 1. The van der Waals surface area contributed by atoms with E-state index >= 15 is 0 Å². The molecule has 0 saturated carbocycles. The number of nitrogens with zero attached hydrogens (tertiary/aromatic N) is 2. The number of hydrogen-bond donors (Lipinski definition) is 2. The van der Waals surface area contributed by atoms with Gasteiger partial charge in [0, 0.05) is 30.5 Å². The zero-order valence-corrected chi connectivity index (χ0v) is 15.2. The maximum absolute atomic E-state index is 10.6. The monoisotopic (exact) mass is 401 g/mol. The molecule has 29 heavy (non-hydrogen) atoms. The van der Waals surface area contributed by atoms with Crippen molar-refractivity contribution in [1.82, 2.24) is 9.55 Å². The van der Waals surface area contributed by atoms with E-state index in [4.69, 9.17) is 20.3 Å². The molecule has 0 radical (unpaired) electrons. The minimum Gasteiger partial charge on any atom is -0.475 e. The molecule has 1 atom stereocenters. The third kappa shape index (κ3) is 4.90. The Balaban J connectivity index is 0.000000298. The van der Waals surface area contributed by atoms with Gasteiger partial charge in [0.25, 0.3) is 0 Å². The van der Waals surface area contributed by atoms with Crippen LogP contribution < -0.4 is 5.49 Å². The van der Waals surface area contributed by atoms with E-state index in [1.54, 1.807) is 0 Å². The Kier molecular flexibility index (Phi) is 5.81. The zero-order valence-electron chi connectivity index (χ0n) is 15.2. The summed E-state index contributed by atoms with van der Waals surface area (Å²) < 4.78 is 33.8. The van der Waals surface area contributed by atoms with Crippen molar-refractivity contribution in [1.29, 1.82) is 5.41 Å². The molecule has 1 unspecified atom stereocenters. The second-order valence-electron chi connectivity index (χ2n) is 6.53. The summed E-state index contributed by atoms with van der Waals surface area (Å²) in [6.07, 6.45) is -4.18. The van der Waals surface area contributed by atoms with E-state index in [0.717, 1.165) is 30.0 Å². The Morgan fingerprint density at radius 1 is 1.07 bits per heavy atom. The lowest BCUT2D eigenvalue weighted by atomic mass is 9.98. The van der Waals surface area contributed by atoms with Crippen LogP contribution in [0.15, 0.2) is 66.7 Å². The Hall–Kier alpha value is -3.42. The quantitative estimate of drug-likeness (QED) is 0.681. The Morgan fingerprint density at radius 2 is 1.62 bits per heavy atom. The number of benzene rings is 2. The molecule has 2 N–H and O–H groups in total. The van der Waals surface area contributed by atoms with Gasteiger partial charge in [-0.15, -0.1) is 0 Å². The molecule has 0 bridgehead atoms. The van der Waals surface area contributed by atoms with Gasteiger partial charge in [-0.2, -0.15) is 13.2 Å². The predicted octanol–water partition coefficient (Wildman–Crippen LogP) is 4.00. The first kappa shape index (κ1) is 20.3. The van der Waals surface area contributed by atoms with E-state index in [1.165, 1.54) is 5.56 Å². The van der Waals surface area contributed by atoms with E-state index in [0.29, 0.717) is 11.4 Å². The third-order valence-corrected chi connectivity index (χ3v) is 4.54. The van der Waals surface area contributed by atoms with Crippen LogP contribution in [-0.2, 0) is 17.8 Å². The molecule has 8 heteroatoms. The third-order valence-electron chi connectivity index (χ3n) is 4.54. The summed E-state index contributed by atoms with van der Waals surface area (Å²) >= 11 is 0. The number of carbonyl (C=O) groups is 1. The van der Waals surface area contributed by atoms with Crippen LogP contribution in [0.25, 0.3) is 11.3 Å². The second kappa shape index (κ2) is 8.30. The molecule has 0 saturated heterocycles. The van der Waals surface area contributed by atoms with Gasteiger partial charge < -0.3 is 9.67 Å². The van der Waals surface area contributed by atoms with Crippen molar-refractivity contribution in [2.45, 2.75) is 25.1 Å². The van der Waals surface area contributed by atoms with Crippen molar-refractivity contribution in [3.63, 3.8) is 0 Å². The second-order valence-corrected chi connectivity index (χ2v) is 6.53. The van der Waals surface area contributed by atoms with Crippen LogP contribution in [0.2, 0.25) is 0 Å². The normalized spacial score (nSPS) is 15.2. The van der Waals surface area contributed by atoms with Gasteiger partial charge in [0.15, 0.2) is 0 Å². The highest BCUT2D eigenvalue weighted by Gasteiger charge is 2.38. The molecule has 0 fully saturated rings. The Labute approximate surface area is 164 Å². The maximum Gasteiger partial charge on any atom is 0.490 e. The van der Waals surface area contributed by atoms with E-state index < -0.39 is 12.1 Å². The highest BCUT2D eigenvalue weighted by molar-refractivity contribution is 5.73. The number of carboxylic acids is 1. The fraction of sp³-hybridized carbons (Fsp3) is 0.190. The molecule has 2 aromatic carbocycles. The molecule has 1 aromatic heterocycles. The van der Waals surface area contributed by atoms with Gasteiger partial charge in [-0.1, -0.05) is 60.7 Å². The minimum absolute atomic E-state index is 0.420. The molecule has 1 aliphatic rings. The topological polar surface area (TPSA) is 79.0 Å². The number of hydrogen-bond acceptors (Lipinski definition) is 3. The van der Waals surface area contributed by atoms with E-state index in [-0.39, 0.29) is 0 Å². The zero-order chi connectivity index (χ0) is 21.0. The molecular weight excluding hydrogens is 383 g/mol. The molecule has 4 rings (SSSR count). The number of carboxylic acid groups (broad SMARTS) is 1. The number of nitrogens with one attached hydrogen (secondary N) is 1. The number of alkyl halides is 3. The van der Waals surface area contributed by atoms with Crippen molar-refractivity contribution in [2.75, 3.05) is 0 Å². The first-order chi connectivity index (χ1) is 13.8. The summed E-state index contributed by atoms with van der Waals surface area (Å²) in [4.78, 5) is 13.7. The summed E-state index contributed by atoms with van der Waals surface area (Å²) in [6, 6.07) is 22.5. The Bertz CT molecular complexity index is 1050. The van der Waals surface area contributed by atoms with Crippen molar-refractivity contribution >= 4 is 5.97 Å². The average Bonchev–Trinajstić information content (AvgIpc) is 3.14. The lowest BCUT2D eigenvalue weighted by molar-refractivity contribution is -0.192. The number of fused-ring (bicyclic) bond motifs is 1. The highest BCUT2D eigenvalue weighted by atomic mass is 19.4. The van der Waals surface area contributed by atoms with Gasteiger partial charge >= 0.3 is 12.1 Å². The van der Waals surface area contributed by atoms with Crippen molar-refractivity contribution < 1.29 is 23.1 Å². The fourth-order valence-corrected chi connectivity index (χ4v) is 3.15. The molecule has 5 nitrogen and oxygen atoms in total. The molecule has 2 heterocycles. The van der Waals surface area contributed by atoms with Gasteiger partial charge in [0.2, 0.25) is 0 Å². The minimum atomic E-state index is -5.08. The first-order valence-corrected chi connectivity index (χ1v) is 8.81. The maximum atomic E-state index is 10.6. The largest absolute Gasteiger partial charge is 0.490 e. The SMILES string of the molecule is N=c1cc(-c2ccccc2)nc2n1CC(c1ccccc1)C2.O=C(O)C(F)(F)F. The standard InChI is InChI=1S/C19H17N3.C2HF3O2/c20-18-12-17(15-9-5-2-6-10-15)21-19-11-16(13-22(18)19)14-7-3-1-4-8-14;3-2(4,5)1(6)7/h1-10,12,16,20H,11,13H2;(H,6,7). The lowest BCUT2D eigenvalue weighted by Crippen LogP contribution is -2.21. The van der Waals surface area contributed by atoms with E-state index in [9.17, 15) is 13.2 Å². The van der Waals surface area contributed by atoms with Gasteiger partial charge in [0.1, 0.15) is 11.3 Å². The summed E-state index contributed by atoms with van der Waals surface area (Å²) in [7, 11) is 0. The molecule has 0 aliphatic carbocycles.